The fourth-order valence-electron chi connectivity index (χ4n) is 3.22. The molecule has 3 aromatic rings. The van der Waals surface area contributed by atoms with Crippen molar-refractivity contribution in [2.24, 2.45) is 0 Å². The van der Waals surface area contributed by atoms with E-state index in [1.54, 1.807) is 17.5 Å². The van der Waals surface area contributed by atoms with Gasteiger partial charge in [-0.2, -0.15) is 4.98 Å². The highest BCUT2D eigenvalue weighted by atomic mass is 32.1. The van der Waals surface area contributed by atoms with Crippen LogP contribution in [0.4, 0.5) is 10.9 Å². The number of ether oxygens (including phenoxy) is 1. The molecule has 0 aliphatic carbocycles. The Labute approximate surface area is 168 Å². The smallest absolute Gasteiger partial charge is 0.218 e. The third-order valence-electron chi connectivity index (χ3n) is 4.61. The van der Waals surface area contributed by atoms with Crippen LogP contribution in [0.5, 0.6) is 5.88 Å². The predicted molar refractivity (Wildman–Crippen MR) is 111 cm³/mol. The lowest BCUT2D eigenvalue weighted by molar-refractivity contribution is 0.180. The molecule has 4 heterocycles. The van der Waals surface area contributed by atoms with Gasteiger partial charge < -0.3 is 10.1 Å². The van der Waals surface area contributed by atoms with E-state index in [1.807, 2.05) is 37.5 Å². The summed E-state index contributed by atoms with van der Waals surface area (Å²) >= 11 is 1.56. The van der Waals surface area contributed by atoms with Gasteiger partial charge in [0.05, 0.1) is 4.88 Å². The Hall–Kier alpha value is -2.58. The molecule has 0 radical (unpaired) electrons. The Bertz CT molecular complexity index is 895. The summed E-state index contributed by atoms with van der Waals surface area (Å²) in [5, 5.41) is 4.03. The molecule has 1 fully saturated rings. The van der Waals surface area contributed by atoms with E-state index in [0.717, 1.165) is 22.1 Å². The van der Waals surface area contributed by atoms with Gasteiger partial charge in [0.25, 0.3) is 0 Å². The number of hydrogen-bond acceptors (Lipinski definition) is 8. The van der Waals surface area contributed by atoms with Crippen LogP contribution in [0, 0.1) is 6.92 Å². The predicted octanol–water partition coefficient (Wildman–Crippen LogP) is 3.91. The molecule has 4 rings (SSSR count). The SMILES string of the molecule is Cc1nc(Nc2ncc(-c3cccnc3)s2)cc(OCCN2CCCCC2)n1. The molecule has 1 saturated heterocycles. The molecule has 1 aliphatic heterocycles. The molecule has 0 aromatic carbocycles. The third-order valence-corrected chi connectivity index (χ3v) is 5.57. The van der Waals surface area contributed by atoms with E-state index < -0.39 is 0 Å². The number of nitrogens with zero attached hydrogens (tertiary/aromatic N) is 5. The van der Waals surface area contributed by atoms with Gasteiger partial charge in [-0.15, -0.1) is 0 Å². The quantitative estimate of drug-likeness (QED) is 0.649. The lowest BCUT2D eigenvalue weighted by Crippen LogP contribution is -2.33. The van der Waals surface area contributed by atoms with Crippen LogP contribution in [0.3, 0.4) is 0 Å². The van der Waals surface area contributed by atoms with Crippen LogP contribution in [-0.2, 0) is 0 Å². The van der Waals surface area contributed by atoms with Crippen LogP contribution in [0.1, 0.15) is 25.1 Å². The molecule has 7 nitrogen and oxygen atoms in total. The normalized spacial score (nSPS) is 14.8. The van der Waals surface area contributed by atoms with E-state index in [2.05, 4.69) is 30.2 Å². The van der Waals surface area contributed by atoms with Gasteiger partial charge in [0.2, 0.25) is 5.88 Å². The maximum absolute atomic E-state index is 5.88. The summed E-state index contributed by atoms with van der Waals surface area (Å²) in [6, 6.07) is 5.77. The van der Waals surface area contributed by atoms with Gasteiger partial charge in [-0.1, -0.05) is 23.8 Å². The van der Waals surface area contributed by atoms with E-state index in [0.29, 0.717) is 24.1 Å². The van der Waals surface area contributed by atoms with Crippen molar-refractivity contribution in [3.8, 4) is 16.3 Å². The average Bonchev–Trinajstić information content (AvgIpc) is 3.17. The maximum atomic E-state index is 5.88. The van der Waals surface area contributed by atoms with Crippen molar-refractivity contribution in [3.63, 3.8) is 0 Å². The summed E-state index contributed by atoms with van der Waals surface area (Å²) in [5.74, 6) is 1.95. The molecule has 3 aromatic heterocycles. The molecule has 1 aliphatic rings. The number of anilines is 2. The number of aromatic nitrogens is 4. The van der Waals surface area contributed by atoms with Gasteiger partial charge >= 0.3 is 0 Å². The number of likely N-dealkylation sites (tertiary alicyclic amines) is 1. The monoisotopic (exact) mass is 396 g/mol. The summed E-state index contributed by atoms with van der Waals surface area (Å²) in [5.41, 5.74) is 1.05. The van der Waals surface area contributed by atoms with Crippen molar-refractivity contribution in [1.29, 1.82) is 0 Å². The largest absolute Gasteiger partial charge is 0.476 e. The van der Waals surface area contributed by atoms with Crippen LogP contribution in [0.15, 0.2) is 36.8 Å². The highest BCUT2D eigenvalue weighted by Crippen LogP contribution is 2.30. The first-order chi connectivity index (χ1) is 13.8. The van der Waals surface area contributed by atoms with Crippen LogP contribution in [-0.4, -0.2) is 51.1 Å². The highest BCUT2D eigenvalue weighted by molar-refractivity contribution is 7.18. The number of pyridine rings is 1. The van der Waals surface area contributed by atoms with Gasteiger partial charge in [-0.3, -0.25) is 9.88 Å². The van der Waals surface area contributed by atoms with Crippen LogP contribution < -0.4 is 10.1 Å². The Balaban J connectivity index is 1.37. The number of rotatable bonds is 7. The minimum Gasteiger partial charge on any atom is -0.476 e. The second-order valence-electron chi connectivity index (χ2n) is 6.79. The molecule has 8 heteroatoms. The van der Waals surface area contributed by atoms with Gasteiger partial charge in [0, 0.05) is 36.8 Å². The summed E-state index contributed by atoms with van der Waals surface area (Å²) < 4.78 is 5.88. The second kappa shape index (κ2) is 9.07. The fourth-order valence-corrected chi connectivity index (χ4v) is 4.04. The Morgan fingerprint density at radius 3 is 2.89 bits per heavy atom. The number of nitrogens with one attached hydrogen (secondary N) is 1. The van der Waals surface area contributed by atoms with E-state index in [9.17, 15) is 0 Å². The van der Waals surface area contributed by atoms with Gasteiger partial charge in [0.1, 0.15) is 18.2 Å². The summed E-state index contributed by atoms with van der Waals surface area (Å²) in [6.07, 6.45) is 9.36. The first-order valence-electron chi connectivity index (χ1n) is 9.60. The van der Waals surface area contributed by atoms with Crippen molar-refractivity contribution in [2.75, 3.05) is 31.6 Å². The van der Waals surface area contributed by atoms with Crippen LogP contribution in [0.2, 0.25) is 0 Å². The number of piperidine rings is 1. The second-order valence-corrected chi connectivity index (χ2v) is 7.82. The summed E-state index contributed by atoms with van der Waals surface area (Å²) in [6.45, 7) is 5.78. The molecule has 0 unspecified atom stereocenters. The zero-order chi connectivity index (χ0) is 19.2. The first kappa shape index (κ1) is 18.8. The zero-order valence-corrected chi connectivity index (χ0v) is 16.8. The number of hydrogen-bond donors (Lipinski definition) is 1. The molecule has 28 heavy (non-hydrogen) atoms. The molecule has 0 bridgehead atoms. The molecular formula is C20H24N6OS. The first-order valence-corrected chi connectivity index (χ1v) is 10.4. The molecule has 0 spiro atoms. The third kappa shape index (κ3) is 5.02. The minimum absolute atomic E-state index is 0.594. The lowest BCUT2D eigenvalue weighted by atomic mass is 10.1. The zero-order valence-electron chi connectivity index (χ0n) is 16.0. The van der Waals surface area contributed by atoms with Gasteiger partial charge in [-0.05, 0) is 38.9 Å². The van der Waals surface area contributed by atoms with Crippen molar-refractivity contribution in [1.82, 2.24) is 24.8 Å². The van der Waals surface area contributed by atoms with Crippen molar-refractivity contribution in [2.45, 2.75) is 26.2 Å². The lowest BCUT2D eigenvalue weighted by Gasteiger charge is -2.26. The number of aryl methyl sites for hydroxylation is 1. The average molecular weight is 397 g/mol. The fraction of sp³-hybridized carbons (Fsp3) is 0.400. The van der Waals surface area contributed by atoms with Crippen LogP contribution in [0.25, 0.3) is 10.4 Å². The summed E-state index contributed by atoms with van der Waals surface area (Å²) in [7, 11) is 0. The van der Waals surface area contributed by atoms with Gasteiger partial charge in [0.15, 0.2) is 5.13 Å². The van der Waals surface area contributed by atoms with Crippen molar-refractivity contribution in [3.05, 3.63) is 42.6 Å². The van der Waals surface area contributed by atoms with E-state index >= 15 is 0 Å². The minimum atomic E-state index is 0.594. The standard InChI is InChI=1S/C20H24N6OS/c1-15-23-18(12-19(24-15)27-11-10-26-8-3-2-4-9-26)25-20-22-14-17(28-20)16-6-5-7-21-13-16/h5-7,12-14H,2-4,8-11H2,1H3,(H,22,23,24,25). The van der Waals surface area contributed by atoms with Gasteiger partial charge in [-0.25, -0.2) is 9.97 Å². The molecular weight excluding hydrogens is 372 g/mol. The molecule has 0 atom stereocenters. The van der Waals surface area contributed by atoms with Crippen molar-refractivity contribution >= 4 is 22.3 Å². The topological polar surface area (TPSA) is 76.1 Å². The highest BCUT2D eigenvalue weighted by Gasteiger charge is 2.11. The Morgan fingerprint density at radius 2 is 2.07 bits per heavy atom. The summed E-state index contributed by atoms with van der Waals surface area (Å²) in [4.78, 5) is 21.0. The molecule has 146 valence electrons. The Kier molecular flexibility index (Phi) is 6.08. The molecule has 0 amide bonds. The Morgan fingerprint density at radius 1 is 1.18 bits per heavy atom. The molecule has 0 saturated carbocycles. The molecule has 1 N–H and O–H groups in total. The number of thiazole rings is 1. The van der Waals surface area contributed by atoms with E-state index in [-0.39, 0.29) is 0 Å². The van der Waals surface area contributed by atoms with Crippen LogP contribution >= 0.6 is 11.3 Å². The van der Waals surface area contributed by atoms with E-state index in [1.165, 1.54) is 32.4 Å². The van der Waals surface area contributed by atoms with E-state index in [4.69, 9.17) is 4.74 Å². The van der Waals surface area contributed by atoms with Crippen molar-refractivity contribution < 1.29 is 4.74 Å². The maximum Gasteiger partial charge on any atom is 0.218 e.